The summed E-state index contributed by atoms with van der Waals surface area (Å²) < 4.78 is 2.88. The quantitative estimate of drug-likeness (QED) is 0.793. The minimum absolute atomic E-state index is 0.0559. The van der Waals surface area contributed by atoms with Crippen LogP contribution in [0.1, 0.15) is 29.5 Å². The maximum Gasteiger partial charge on any atom is 0.202 e. The number of aromatic nitrogens is 2. The van der Waals surface area contributed by atoms with Crippen LogP contribution >= 0.6 is 15.9 Å². The Morgan fingerprint density at radius 1 is 1.39 bits per heavy atom. The van der Waals surface area contributed by atoms with Gasteiger partial charge in [0, 0.05) is 29.8 Å². The van der Waals surface area contributed by atoms with Gasteiger partial charge in [-0.1, -0.05) is 41.1 Å². The third-order valence-electron chi connectivity index (χ3n) is 2.74. The fourth-order valence-corrected chi connectivity index (χ4v) is 2.30. The maximum absolute atomic E-state index is 12.2. The highest BCUT2D eigenvalue weighted by Gasteiger charge is 2.14. The molecule has 0 radical (unpaired) electrons. The van der Waals surface area contributed by atoms with E-state index in [1.54, 1.807) is 6.20 Å². The van der Waals surface area contributed by atoms with E-state index in [9.17, 15) is 4.79 Å². The molecule has 0 N–H and O–H groups in total. The molecule has 0 bridgehead atoms. The van der Waals surface area contributed by atoms with Crippen LogP contribution in [0.25, 0.3) is 0 Å². The van der Waals surface area contributed by atoms with E-state index >= 15 is 0 Å². The van der Waals surface area contributed by atoms with Crippen molar-refractivity contribution in [3.05, 3.63) is 52.5 Å². The molecule has 0 saturated carbocycles. The molecule has 3 nitrogen and oxygen atoms in total. The smallest absolute Gasteiger partial charge is 0.202 e. The number of Topliss-reactive ketones (excluding diaryl/α,β-unsaturated/α-hetero) is 1. The van der Waals surface area contributed by atoms with Crippen LogP contribution in [0, 0.1) is 0 Å². The molecule has 0 aliphatic rings. The molecule has 18 heavy (non-hydrogen) atoms. The van der Waals surface area contributed by atoms with Crippen LogP contribution in [0.2, 0.25) is 0 Å². The highest BCUT2D eigenvalue weighted by Crippen LogP contribution is 2.17. The van der Waals surface area contributed by atoms with Crippen LogP contribution in [0.3, 0.4) is 0 Å². The van der Waals surface area contributed by atoms with Gasteiger partial charge in [0.25, 0.3) is 0 Å². The van der Waals surface area contributed by atoms with E-state index in [0.717, 1.165) is 23.0 Å². The zero-order valence-corrected chi connectivity index (χ0v) is 11.9. The van der Waals surface area contributed by atoms with Gasteiger partial charge in [0.15, 0.2) is 5.82 Å². The molecular formula is C14H15BrN2O. The molecule has 94 valence electrons. The topological polar surface area (TPSA) is 34.9 Å². The number of ketones is 1. The normalized spacial score (nSPS) is 10.6. The van der Waals surface area contributed by atoms with Crippen LogP contribution in [-0.2, 0) is 13.0 Å². The third-order valence-corrected chi connectivity index (χ3v) is 3.51. The maximum atomic E-state index is 12.2. The molecule has 0 spiro atoms. The summed E-state index contributed by atoms with van der Waals surface area (Å²) >= 11 is 3.46. The number of hydrogen-bond acceptors (Lipinski definition) is 2. The molecule has 2 aromatic rings. The van der Waals surface area contributed by atoms with E-state index in [2.05, 4.69) is 27.8 Å². The van der Waals surface area contributed by atoms with Gasteiger partial charge in [0.05, 0.1) is 0 Å². The third kappa shape index (κ3) is 2.88. The van der Waals surface area contributed by atoms with E-state index in [4.69, 9.17) is 0 Å². The van der Waals surface area contributed by atoms with E-state index in [1.807, 2.05) is 35.0 Å². The molecule has 0 saturated heterocycles. The van der Waals surface area contributed by atoms with Crippen molar-refractivity contribution in [1.29, 1.82) is 0 Å². The molecule has 1 aromatic carbocycles. The minimum Gasteiger partial charge on any atom is -0.329 e. The summed E-state index contributed by atoms with van der Waals surface area (Å²) in [7, 11) is 0. The zero-order valence-electron chi connectivity index (χ0n) is 10.3. The largest absolute Gasteiger partial charge is 0.329 e. The molecule has 1 heterocycles. The van der Waals surface area contributed by atoms with Crippen molar-refractivity contribution in [1.82, 2.24) is 9.55 Å². The molecule has 1 aromatic heterocycles. The average Bonchev–Trinajstić information content (AvgIpc) is 2.81. The van der Waals surface area contributed by atoms with Gasteiger partial charge in [-0.25, -0.2) is 4.98 Å². The van der Waals surface area contributed by atoms with Gasteiger partial charge >= 0.3 is 0 Å². The highest BCUT2D eigenvalue weighted by molar-refractivity contribution is 9.10. The standard InChI is InChI=1S/C14H15BrN2O/c1-2-8-17-9-7-16-14(17)13(18)10-11-5-3-4-6-12(11)15/h3-7,9H,2,8,10H2,1H3. The Balaban J connectivity index is 2.17. The molecule has 0 aliphatic carbocycles. The number of halogens is 1. The van der Waals surface area contributed by atoms with E-state index in [0.29, 0.717) is 12.2 Å². The van der Waals surface area contributed by atoms with Gasteiger partial charge in [0.1, 0.15) is 0 Å². The Morgan fingerprint density at radius 2 is 2.17 bits per heavy atom. The Bertz CT molecular complexity index is 548. The van der Waals surface area contributed by atoms with Gasteiger partial charge in [-0.3, -0.25) is 4.79 Å². The van der Waals surface area contributed by atoms with Crippen LogP contribution in [0.5, 0.6) is 0 Å². The summed E-state index contributed by atoms with van der Waals surface area (Å²) in [5.41, 5.74) is 0.994. The van der Waals surface area contributed by atoms with Gasteiger partial charge in [-0.15, -0.1) is 0 Å². The Hall–Kier alpha value is -1.42. The first-order valence-electron chi connectivity index (χ1n) is 6.00. The Kier molecular flexibility index (Phi) is 4.31. The predicted molar refractivity (Wildman–Crippen MR) is 74.7 cm³/mol. The summed E-state index contributed by atoms with van der Waals surface area (Å²) in [6.07, 6.45) is 4.91. The number of carbonyl (C=O) groups excluding carboxylic acids is 1. The van der Waals surface area contributed by atoms with Crippen molar-refractivity contribution >= 4 is 21.7 Å². The first-order chi connectivity index (χ1) is 8.72. The van der Waals surface area contributed by atoms with Crippen molar-refractivity contribution < 1.29 is 4.79 Å². The van der Waals surface area contributed by atoms with Crippen LogP contribution < -0.4 is 0 Å². The number of imidazole rings is 1. The van der Waals surface area contributed by atoms with Crippen LogP contribution in [0.4, 0.5) is 0 Å². The van der Waals surface area contributed by atoms with Gasteiger partial charge in [-0.2, -0.15) is 0 Å². The number of aryl methyl sites for hydroxylation is 1. The molecule has 0 aliphatic heterocycles. The fraction of sp³-hybridized carbons (Fsp3) is 0.286. The monoisotopic (exact) mass is 306 g/mol. The number of nitrogens with zero attached hydrogens (tertiary/aromatic N) is 2. The van der Waals surface area contributed by atoms with E-state index in [-0.39, 0.29) is 5.78 Å². The van der Waals surface area contributed by atoms with E-state index < -0.39 is 0 Å². The van der Waals surface area contributed by atoms with Crippen molar-refractivity contribution in [2.75, 3.05) is 0 Å². The Morgan fingerprint density at radius 3 is 2.89 bits per heavy atom. The average molecular weight is 307 g/mol. The summed E-state index contributed by atoms with van der Waals surface area (Å²) in [5, 5.41) is 0. The first kappa shape index (κ1) is 13.0. The lowest BCUT2D eigenvalue weighted by atomic mass is 10.1. The zero-order chi connectivity index (χ0) is 13.0. The van der Waals surface area contributed by atoms with Gasteiger partial charge in [-0.05, 0) is 18.1 Å². The molecule has 4 heteroatoms. The minimum atomic E-state index is 0.0559. The first-order valence-corrected chi connectivity index (χ1v) is 6.79. The predicted octanol–water partition coefficient (Wildman–Crippen LogP) is 3.48. The molecule has 0 atom stereocenters. The summed E-state index contributed by atoms with van der Waals surface area (Å²) in [6, 6.07) is 7.78. The van der Waals surface area contributed by atoms with Crippen molar-refractivity contribution in [3.63, 3.8) is 0 Å². The second-order valence-electron chi connectivity index (χ2n) is 4.14. The Labute approximate surface area is 115 Å². The molecule has 0 amide bonds. The highest BCUT2D eigenvalue weighted by atomic mass is 79.9. The van der Waals surface area contributed by atoms with Gasteiger partial charge < -0.3 is 4.57 Å². The lowest BCUT2D eigenvalue weighted by Gasteiger charge is -2.06. The molecule has 0 fully saturated rings. The van der Waals surface area contributed by atoms with Crippen molar-refractivity contribution in [3.8, 4) is 0 Å². The molecule has 0 unspecified atom stereocenters. The number of carbonyl (C=O) groups is 1. The summed E-state index contributed by atoms with van der Waals surface area (Å²) in [6.45, 7) is 2.92. The number of rotatable bonds is 5. The molecular weight excluding hydrogens is 292 g/mol. The number of benzene rings is 1. The summed E-state index contributed by atoms with van der Waals surface area (Å²) in [5.74, 6) is 0.605. The second kappa shape index (κ2) is 5.96. The lowest BCUT2D eigenvalue weighted by molar-refractivity contribution is 0.0978. The second-order valence-corrected chi connectivity index (χ2v) is 4.99. The lowest BCUT2D eigenvalue weighted by Crippen LogP contribution is -2.12. The summed E-state index contributed by atoms with van der Waals surface area (Å²) in [4.78, 5) is 16.4. The van der Waals surface area contributed by atoms with E-state index in [1.165, 1.54) is 0 Å². The fourth-order valence-electron chi connectivity index (χ4n) is 1.88. The van der Waals surface area contributed by atoms with Crippen molar-refractivity contribution in [2.45, 2.75) is 26.3 Å². The number of hydrogen-bond donors (Lipinski definition) is 0. The van der Waals surface area contributed by atoms with Crippen molar-refractivity contribution in [2.24, 2.45) is 0 Å². The van der Waals surface area contributed by atoms with Crippen LogP contribution in [0.15, 0.2) is 41.1 Å². The van der Waals surface area contributed by atoms with Crippen LogP contribution in [-0.4, -0.2) is 15.3 Å². The molecule has 2 rings (SSSR count). The van der Waals surface area contributed by atoms with Gasteiger partial charge in [0.2, 0.25) is 5.78 Å². The SMILES string of the molecule is CCCn1ccnc1C(=O)Cc1ccccc1Br.